The van der Waals surface area contributed by atoms with Crippen LogP contribution in [-0.4, -0.2) is 47.4 Å². The minimum Gasteiger partial charge on any atom is -0.505 e. The van der Waals surface area contributed by atoms with Gasteiger partial charge in [-0.1, -0.05) is 12.1 Å². The smallest absolute Gasteiger partial charge is 0.172 e. The average molecular weight is 299 g/mol. The average Bonchev–Trinajstić information content (AvgIpc) is 2.99. The van der Waals surface area contributed by atoms with E-state index in [2.05, 4.69) is 16.0 Å². The lowest BCUT2D eigenvalue weighted by Crippen LogP contribution is -3.17. The van der Waals surface area contributed by atoms with Crippen molar-refractivity contribution < 1.29 is 14.7 Å². The van der Waals surface area contributed by atoms with Crippen LogP contribution in [0.15, 0.2) is 30.0 Å². The van der Waals surface area contributed by atoms with Crippen LogP contribution in [0, 0.1) is 11.3 Å². The number of morpholine rings is 1. The molecule has 22 heavy (non-hydrogen) atoms. The molecular formula is C16H19N4O2+. The third kappa shape index (κ3) is 2.69. The van der Waals surface area contributed by atoms with Crippen LogP contribution in [0.5, 0.6) is 0 Å². The molecule has 1 atom stereocenters. The van der Waals surface area contributed by atoms with E-state index in [4.69, 9.17) is 4.74 Å². The zero-order valence-corrected chi connectivity index (χ0v) is 12.5. The number of benzene rings is 1. The second kappa shape index (κ2) is 6.18. The molecule has 0 bridgehead atoms. The molecular weight excluding hydrogens is 280 g/mol. The number of aliphatic hydroxyl groups is 1. The zero-order valence-electron chi connectivity index (χ0n) is 12.5. The summed E-state index contributed by atoms with van der Waals surface area (Å²) in [5.41, 5.74) is 1.84. The van der Waals surface area contributed by atoms with Crippen molar-refractivity contribution in [2.45, 2.75) is 13.0 Å². The third-order valence-electron chi connectivity index (χ3n) is 4.15. The summed E-state index contributed by atoms with van der Waals surface area (Å²) in [5, 5.41) is 20.0. The fourth-order valence-corrected chi connectivity index (χ4v) is 2.78. The highest BCUT2D eigenvalue weighted by atomic mass is 16.5. The minimum absolute atomic E-state index is 0.0819. The van der Waals surface area contributed by atoms with Gasteiger partial charge in [-0.05, 0) is 19.1 Å². The Morgan fingerprint density at radius 2 is 2.14 bits per heavy atom. The molecule has 1 aliphatic heterocycles. The number of hydrogen-bond donors (Lipinski definition) is 3. The van der Waals surface area contributed by atoms with Gasteiger partial charge in [0, 0.05) is 0 Å². The Labute approximate surface area is 128 Å². The summed E-state index contributed by atoms with van der Waals surface area (Å²) in [6.45, 7) is 4.93. The number of fused-ring (bicyclic) bond motifs is 1. The van der Waals surface area contributed by atoms with Crippen LogP contribution in [0.4, 0.5) is 0 Å². The van der Waals surface area contributed by atoms with Crippen LogP contribution in [0.25, 0.3) is 16.6 Å². The van der Waals surface area contributed by atoms with Crippen molar-refractivity contribution >= 4 is 16.6 Å². The molecule has 6 heteroatoms. The van der Waals surface area contributed by atoms with Gasteiger partial charge in [0.2, 0.25) is 0 Å². The predicted molar refractivity (Wildman–Crippen MR) is 82.2 cm³/mol. The molecule has 0 spiro atoms. The molecule has 1 saturated heterocycles. The van der Waals surface area contributed by atoms with Crippen LogP contribution < -0.4 is 4.90 Å². The van der Waals surface area contributed by atoms with Crippen molar-refractivity contribution in [2.75, 3.05) is 26.3 Å². The Balaban J connectivity index is 1.95. The molecule has 114 valence electrons. The number of allylic oxidation sites excluding steroid dienone is 1. The predicted octanol–water partition coefficient (Wildman–Crippen LogP) is 0.659. The van der Waals surface area contributed by atoms with Gasteiger partial charge in [0.05, 0.1) is 24.2 Å². The lowest BCUT2D eigenvalue weighted by Gasteiger charge is -2.29. The first kappa shape index (κ1) is 14.6. The SMILES string of the molecule is C[C@H](/C(O)=C(\C#N)c1nc2ccccc2[nH]1)[NH+]1CCOCC1. The standard InChI is InChI=1S/C16H18N4O2/c1-11(20-6-8-22-9-7-20)15(21)12(10-17)16-18-13-4-2-3-5-14(13)19-16/h2-5,11,21H,6-9H2,1H3,(H,18,19)/p+1/b15-12-/t11-/m1/s1. The number of aliphatic hydroxyl groups excluding tert-OH is 1. The Bertz CT molecular complexity index is 705. The van der Waals surface area contributed by atoms with Crippen LogP contribution in [0.1, 0.15) is 12.7 Å². The molecule has 0 unspecified atom stereocenters. The van der Waals surface area contributed by atoms with Gasteiger partial charge in [-0.3, -0.25) is 0 Å². The molecule has 3 N–H and O–H groups in total. The van der Waals surface area contributed by atoms with E-state index in [1.165, 1.54) is 4.90 Å². The molecule has 1 aliphatic rings. The topological polar surface area (TPSA) is 86.4 Å². The van der Waals surface area contributed by atoms with Crippen molar-refractivity contribution in [1.29, 1.82) is 5.26 Å². The lowest BCUT2D eigenvalue weighted by molar-refractivity contribution is -0.926. The number of hydrogen-bond acceptors (Lipinski definition) is 4. The number of quaternary nitrogens is 1. The first-order chi connectivity index (χ1) is 10.7. The Kier molecular flexibility index (Phi) is 4.09. The third-order valence-corrected chi connectivity index (χ3v) is 4.15. The summed E-state index contributed by atoms with van der Waals surface area (Å²) in [6, 6.07) is 9.50. The number of H-pyrrole nitrogens is 1. The molecule has 6 nitrogen and oxygen atoms in total. The molecule has 2 heterocycles. The fraction of sp³-hybridized carbons (Fsp3) is 0.375. The van der Waals surface area contributed by atoms with Crippen molar-refractivity contribution in [3.63, 3.8) is 0 Å². The number of nitriles is 1. The molecule has 0 saturated carbocycles. The number of ether oxygens (including phenoxy) is 1. The number of aromatic nitrogens is 2. The highest BCUT2D eigenvalue weighted by Gasteiger charge is 2.27. The first-order valence-corrected chi connectivity index (χ1v) is 7.41. The van der Waals surface area contributed by atoms with Crippen molar-refractivity contribution in [3.05, 3.63) is 35.8 Å². The lowest BCUT2D eigenvalue weighted by atomic mass is 10.1. The largest absolute Gasteiger partial charge is 0.505 e. The summed E-state index contributed by atoms with van der Waals surface area (Å²) in [5.74, 6) is 0.499. The normalized spacial score (nSPS) is 18.7. The summed E-state index contributed by atoms with van der Waals surface area (Å²) in [6.07, 6.45) is 0. The van der Waals surface area contributed by atoms with Gasteiger partial charge in [-0.2, -0.15) is 5.26 Å². The van der Waals surface area contributed by atoms with E-state index in [0.29, 0.717) is 19.0 Å². The van der Waals surface area contributed by atoms with Gasteiger partial charge in [-0.25, -0.2) is 4.98 Å². The second-order valence-corrected chi connectivity index (χ2v) is 5.47. The molecule has 0 radical (unpaired) electrons. The van der Waals surface area contributed by atoms with Crippen LogP contribution in [0.2, 0.25) is 0 Å². The van der Waals surface area contributed by atoms with E-state index in [0.717, 1.165) is 24.1 Å². The van der Waals surface area contributed by atoms with Crippen molar-refractivity contribution in [2.24, 2.45) is 0 Å². The highest BCUT2D eigenvalue weighted by molar-refractivity contribution is 5.82. The van der Waals surface area contributed by atoms with Crippen molar-refractivity contribution in [1.82, 2.24) is 9.97 Å². The maximum Gasteiger partial charge on any atom is 0.172 e. The van der Waals surface area contributed by atoms with Gasteiger partial charge in [0.15, 0.2) is 11.6 Å². The maximum atomic E-state index is 10.5. The van der Waals surface area contributed by atoms with Crippen molar-refractivity contribution in [3.8, 4) is 6.07 Å². The summed E-state index contributed by atoms with van der Waals surface area (Å²) in [4.78, 5) is 8.72. The number of nitrogens with one attached hydrogen (secondary N) is 2. The molecule has 1 aromatic heterocycles. The van der Waals surface area contributed by atoms with Crippen LogP contribution in [0.3, 0.4) is 0 Å². The van der Waals surface area contributed by atoms with Gasteiger partial charge in [0.1, 0.15) is 30.8 Å². The number of imidazole rings is 1. The Morgan fingerprint density at radius 1 is 1.41 bits per heavy atom. The van der Waals surface area contributed by atoms with E-state index in [1.807, 2.05) is 31.2 Å². The van der Waals surface area contributed by atoms with E-state index in [9.17, 15) is 10.4 Å². The van der Waals surface area contributed by atoms with Gasteiger partial charge in [-0.15, -0.1) is 0 Å². The van der Waals surface area contributed by atoms with E-state index >= 15 is 0 Å². The molecule has 0 amide bonds. The molecule has 2 aromatic rings. The number of nitrogens with zero attached hydrogens (tertiary/aromatic N) is 2. The molecule has 1 fully saturated rings. The second-order valence-electron chi connectivity index (χ2n) is 5.47. The quantitative estimate of drug-likeness (QED) is 0.574. The Morgan fingerprint density at radius 3 is 2.82 bits per heavy atom. The van der Waals surface area contributed by atoms with Gasteiger partial charge < -0.3 is 19.7 Å². The highest BCUT2D eigenvalue weighted by Crippen LogP contribution is 2.19. The first-order valence-electron chi connectivity index (χ1n) is 7.41. The molecule has 1 aromatic carbocycles. The number of aromatic amines is 1. The maximum absolute atomic E-state index is 10.5. The number of para-hydroxylation sites is 2. The summed E-state index contributed by atoms with van der Waals surface area (Å²) in [7, 11) is 0. The van der Waals surface area contributed by atoms with Gasteiger partial charge in [0.25, 0.3) is 0 Å². The van der Waals surface area contributed by atoms with E-state index in [1.54, 1.807) is 0 Å². The summed E-state index contributed by atoms with van der Waals surface area (Å²) < 4.78 is 5.34. The van der Waals surface area contributed by atoms with Crippen LogP contribution in [-0.2, 0) is 4.74 Å². The monoisotopic (exact) mass is 299 g/mol. The minimum atomic E-state index is -0.160. The van der Waals surface area contributed by atoms with E-state index < -0.39 is 0 Å². The molecule has 0 aliphatic carbocycles. The summed E-state index contributed by atoms with van der Waals surface area (Å²) >= 11 is 0. The fourth-order valence-electron chi connectivity index (χ4n) is 2.78. The van der Waals surface area contributed by atoms with Gasteiger partial charge >= 0.3 is 0 Å². The molecule has 3 rings (SSSR count). The zero-order chi connectivity index (χ0) is 15.5. The number of rotatable bonds is 3. The van der Waals surface area contributed by atoms with Crippen LogP contribution >= 0.6 is 0 Å². The Hall–Kier alpha value is -2.36. The van der Waals surface area contributed by atoms with E-state index in [-0.39, 0.29) is 17.4 Å².